The number of nitrogens with zero attached hydrogens (tertiary/aromatic N) is 2. The molecule has 0 saturated heterocycles. The molecular weight excluding hydrogens is 271 g/mol. The highest BCUT2D eigenvalue weighted by molar-refractivity contribution is 5.98. The molecule has 2 atom stereocenters. The molecule has 6 heteroatoms. The van der Waals surface area contributed by atoms with Crippen molar-refractivity contribution in [2.75, 3.05) is 5.73 Å². The van der Waals surface area contributed by atoms with Gasteiger partial charge in [-0.25, -0.2) is 9.37 Å². The zero-order chi connectivity index (χ0) is 15.4. The van der Waals surface area contributed by atoms with Crippen molar-refractivity contribution in [2.24, 2.45) is 5.92 Å². The van der Waals surface area contributed by atoms with Crippen molar-refractivity contribution in [2.45, 2.75) is 19.4 Å². The number of nitrogens with one attached hydrogen (secondary N) is 1. The molecule has 1 aliphatic carbocycles. The fourth-order valence-corrected chi connectivity index (χ4v) is 2.09. The van der Waals surface area contributed by atoms with Gasteiger partial charge in [-0.1, -0.05) is 6.08 Å². The van der Waals surface area contributed by atoms with Crippen molar-refractivity contribution in [3.05, 3.63) is 47.4 Å². The van der Waals surface area contributed by atoms with Crippen LogP contribution in [0.4, 0.5) is 10.2 Å². The molecule has 108 valence electrons. The third-order valence-electron chi connectivity index (χ3n) is 3.38. The Balaban J connectivity index is 2.08. The van der Waals surface area contributed by atoms with Gasteiger partial charge in [0, 0.05) is 18.2 Å². The third-order valence-corrected chi connectivity index (χ3v) is 3.38. The van der Waals surface area contributed by atoms with Gasteiger partial charge < -0.3 is 11.1 Å². The van der Waals surface area contributed by atoms with Crippen LogP contribution in [0.15, 0.2) is 36.3 Å². The molecule has 0 spiro atoms. The summed E-state index contributed by atoms with van der Waals surface area (Å²) in [6.45, 7) is 1.84. The lowest BCUT2D eigenvalue weighted by molar-refractivity contribution is 0.0932. The van der Waals surface area contributed by atoms with Crippen molar-refractivity contribution in [1.29, 1.82) is 5.26 Å². The second kappa shape index (κ2) is 6.18. The maximum absolute atomic E-state index is 12.9. The number of nitrogen functional groups attached to an aromatic ring is 1. The van der Waals surface area contributed by atoms with Crippen LogP contribution in [0.3, 0.4) is 0 Å². The van der Waals surface area contributed by atoms with E-state index in [9.17, 15) is 9.18 Å². The van der Waals surface area contributed by atoms with E-state index in [0.29, 0.717) is 6.42 Å². The summed E-state index contributed by atoms with van der Waals surface area (Å²) in [5.41, 5.74) is 6.10. The van der Waals surface area contributed by atoms with Crippen LogP contribution in [-0.2, 0) is 0 Å². The van der Waals surface area contributed by atoms with Gasteiger partial charge in [0.1, 0.15) is 17.7 Å². The Kier molecular flexibility index (Phi) is 4.33. The number of aromatic nitrogens is 1. The number of nitrogens with two attached hydrogens (primary N) is 1. The van der Waals surface area contributed by atoms with Gasteiger partial charge in [0.05, 0.1) is 11.1 Å². The third kappa shape index (κ3) is 3.45. The van der Waals surface area contributed by atoms with Gasteiger partial charge in [0.15, 0.2) is 0 Å². The predicted molar refractivity (Wildman–Crippen MR) is 76.7 cm³/mol. The number of anilines is 1. The quantitative estimate of drug-likeness (QED) is 0.889. The second-order valence-corrected chi connectivity index (χ2v) is 4.88. The topological polar surface area (TPSA) is 91.8 Å². The van der Waals surface area contributed by atoms with Crippen LogP contribution >= 0.6 is 0 Å². The van der Waals surface area contributed by atoms with E-state index < -0.39 is 5.91 Å². The maximum atomic E-state index is 12.9. The highest BCUT2D eigenvalue weighted by Crippen LogP contribution is 2.20. The molecule has 0 aromatic carbocycles. The first-order valence-electron chi connectivity index (χ1n) is 6.51. The zero-order valence-electron chi connectivity index (χ0n) is 11.5. The van der Waals surface area contributed by atoms with Crippen LogP contribution < -0.4 is 11.1 Å². The number of allylic oxidation sites excluding steroid dienone is 3. The van der Waals surface area contributed by atoms with Crippen LogP contribution in [0.5, 0.6) is 0 Å². The standard InChI is InChI=1S/C15H15FN4O/c1-9(11-2-4-12(16)5-3-11)20-15(21)13-6-10(7-17)8-19-14(13)18/h2,4-6,8-9,11H,3H2,1H3,(H2,18,19)(H,20,21)/t9-,11?/m0/s1. The minimum Gasteiger partial charge on any atom is -0.383 e. The van der Waals surface area contributed by atoms with E-state index in [-0.39, 0.29) is 34.7 Å². The molecule has 3 N–H and O–H groups in total. The molecule has 1 aliphatic rings. The van der Waals surface area contributed by atoms with Gasteiger partial charge in [-0.3, -0.25) is 4.79 Å². The number of amides is 1. The number of carbonyl (C=O) groups is 1. The van der Waals surface area contributed by atoms with Gasteiger partial charge >= 0.3 is 0 Å². The molecule has 1 heterocycles. The zero-order valence-corrected chi connectivity index (χ0v) is 11.5. The second-order valence-electron chi connectivity index (χ2n) is 4.88. The Morgan fingerprint density at radius 1 is 1.67 bits per heavy atom. The van der Waals surface area contributed by atoms with E-state index in [4.69, 9.17) is 11.0 Å². The first kappa shape index (κ1) is 14.7. The minimum atomic E-state index is -0.395. The highest BCUT2D eigenvalue weighted by Gasteiger charge is 2.20. The monoisotopic (exact) mass is 286 g/mol. The number of halogens is 1. The number of pyridine rings is 1. The molecule has 5 nitrogen and oxygen atoms in total. The van der Waals surface area contributed by atoms with Crippen LogP contribution in [-0.4, -0.2) is 16.9 Å². The van der Waals surface area contributed by atoms with Crippen molar-refractivity contribution >= 4 is 11.7 Å². The molecule has 21 heavy (non-hydrogen) atoms. The lowest BCUT2D eigenvalue weighted by atomic mass is 9.93. The molecule has 1 unspecified atom stereocenters. The number of hydrogen-bond donors (Lipinski definition) is 2. The molecule has 0 aliphatic heterocycles. The van der Waals surface area contributed by atoms with E-state index in [1.165, 1.54) is 24.4 Å². The van der Waals surface area contributed by atoms with Crippen molar-refractivity contribution in [1.82, 2.24) is 10.3 Å². The molecule has 0 saturated carbocycles. The Morgan fingerprint density at radius 2 is 2.43 bits per heavy atom. The van der Waals surface area contributed by atoms with E-state index in [1.54, 1.807) is 6.08 Å². The average molecular weight is 286 g/mol. The van der Waals surface area contributed by atoms with Gasteiger partial charge in [-0.15, -0.1) is 0 Å². The van der Waals surface area contributed by atoms with Crippen LogP contribution in [0.1, 0.15) is 29.3 Å². The molecule has 0 bridgehead atoms. The summed E-state index contributed by atoms with van der Waals surface area (Å²) < 4.78 is 12.9. The molecule has 1 aromatic heterocycles. The van der Waals surface area contributed by atoms with Crippen molar-refractivity contribution < 1.29 is 9.18 Å². The van der Waals surface area contributed by atoms with Gasteiger partial charge in [0.2, 0.25) is 0 Å². The Morgan fingerprint density at radius 3 is 3.05 bits per heavy atom. The summed E-state index contributed by atoms with van der Waals surface area (Å²) in [7, 11) is 0. The number of rotatable bonds is 3. The molecule has 2 rings (SSSR count). The van der Waals surface area contributed by atoms with E-state index >= 15 is 0 Å². The van der Waals surface area contributed by atoms with Crippen LogP contribution in [0.25, 0.3) is 0 Å². The number of hydrogen-bond acceptors (Lipinski definition) is 4. The summed E-state index contributed by atoms with van der Waals surface area (Å²) in [5, 5.41) is 11.6. The van der Waals surface area contributed by atoms with E-state index in [1.807, 2.05) is 13.0 Å². The molecule has 1 amide bonds. The summed E-state index contributed by atoms with van der Waals surface area (Å²) in [6, 6.07) is 3.12. The van der Waals surface area contributed by atoms with Crippen LogP contribution in [0.2, 0.25) is 0 Å². The van der Waals surface area contributed by atoms with Crippen molar-refractivity contribution in [3.63, 3.8) is 0 Å². The highest BCUT2D eigenvalue weighted by atomic mass is 19.1. The van der Waals surface area contributed by atoms with E-state index in [0.717, 1.165) is 0 Å². The summed E-state index contributed by atoms with van der Waals surface area (Å²) in [4.78, 5) is 16.0. The summed E-state index contributed by atoms with van der Waals surface area (Å²) >= 11 is 0. The average Bonchev–Trinajstić information content (AvgIpc) is 2.48. The predicted octanol–water partition coefficient (Wildman–Crippen LogP) is 2.08. The largest absolute Gasteiger partial charge is 0.383 e. The Hall–Kier alpha value is -2.68. The number of carbonyl (C=O) groups excluding carboxylic acids is 1. The summed E-state index contributed by atoms with van der Waals surface area (Å²) in [5.74, 6) is -0.571. The molecule has 1 aromatic rings. The summed E-state index contributed by atoms with van der Waals surface area (Å²) in [6.07, 6.45) is 6.44. The SMILES string of the molecule is C[C@H](NC(=O)c1cc(C#N)cnc1N)C1C=CC(F)=CC1. The van der Waals surface area contributed by atoms with Gasteiger partial charge in [-0.2, -0.15) is 5.26 Å². The maximum Gasteiger partial charge on any atom is 0.255 e. The lowest BCUT2D eigenvalue weighted by Gasteiger charge is -2.23. The molecular formula is C15H15FN4O. The Labute approximate surface area is 122 Å². The van der Waals surface area contributed by atoms with Gasteiger partial charge in [-0.05, 0) is 31.6 Å². The van der Waals surface area contributed by atoms with Crippen LogP contribution in [0, 0.1) is 17.2 Å². The van der Waals surface area contributed by atoms with E-state index in [2.05, 4.69) is 10.3 Å². The smallest absolute Gasteiger partial charge is 0.255 e. The number of nitriles is 1. The molecule has 0 radical (unpaired) electrons. The normalized spacial score (nSPS) is 18.5. The fraction of sp³-hybridized carbons (Fsp3) is 0.267. The Bertz CT molecular complexity index is 660. The van der Waals surface area contributed by atoms with Crippen molar-refractivity contribution in [3.8, 4) is 6.07 Å². The molecule has 0 fully saturated rings. The fourth-order valence-electron chi connectivity index (χ4n) is 2.09. The minimum absolute atomic E-state index is 0.0155. The van der Waals surface area contributed by atoms with Gasteiger partial charge in [0.25, 0.3) is 5.91 Å². The lowest BCUT2D eigenvalue weighted by Crippen LogP contribution is -2.38. The first-order valence-corrected chi connectivity index (χ1v) is 6.51. The first-order chi connectivity index (χ1) is 10.0.